The predicted molar refractivity (Wildman–Crippen MR) is 91.8 cm³/mol. The molecule has 0 bridgehead atoms. The van der Waals surface area contributed by atoms with E-state index in [-0.39, 0.29) is 11.3 Å². The maximum atomic E-state index is 12.2. The van der Waals surface area contributed by atoms with Crippen LogP contribution in [0.3, 0.4) is 0 Å². The van der Waals surface area contributed by atoms with Crippen LogP contribution in [-0.4, -0.2) is 19.6 Å². The predicted octanol–water partition coefficient (Wildman–Crippen LogP) is 3.39. The van der Waals surface area contributed by atoms with Gasteiger partial charge in [0.05, 0.1) is 13.5 Å². The molecule has 1 saturated carbocycles. The van der Waals surface area contributed by atoms with Crippen LogP contribution >= 0.6 is 0 Å². The summed E-state index contributed by atoms with van der Waals surface area (Å²) in [5, 5.41) is 3.11. The molecule has 0 aromatic heterocycles. The van der Waals surface area contributed by atoms with Gasteiger partial charge in [0.25, 0.3) is 0 Å². The number of carbonyl (C=O) groups excluding carboxylic acids is 1. The molecule has 1 amide bonds. The number of carbonyl (C=O) groups is 1. The lowest BCUT2D eigenvalue weighted by Crippen LogP contribution is -2.33. The van der Waals surface area contributed by atoms with E-state index in [2.05, 4.69) is 24.4 Å². The van der Waals surface area contributed by atoms with Gasteiger partial charge in [-0.3, -0.25) is 4.79 Å². The Balaban J connectivity index is 1.56. The van der Waals surface area contributed by atoms with Crippen molar-refractivity contribution in [2.24, 2.45) is 0 Å². The van der Waals surface area contributed by atoms with Crippen molar-refractivity contribution < 1.29 is 9.53 Å². The summed E-state index contributed by atoms with van der Waals surface area (Å²) in [6.07, 6.45) is 2.70. The third-order valence-corrected chi connectivity index (χ3v) is 4.67. The van der Waals surface area contributed by atoms with Gasteiger partial charge in [-0.2, -0.15) is 0 Å². The smallest absolute Gasteiger partial charge is 0.224 e. The Morgan fingerprint density at radius 2 is 1.74 bits per heavy atom. The molecule has 1 fully saturated rings. The zero-order chi connectivity index (χ0) is 16.3. The molecule has 1 N–H and O–H groups in total. The Bertz CT molecular complexity index is 670. The van der Waals surface area contributed by atoms with E-state index in [4.69, 9.17) is 4.74 Å². The van der Waals surface area contributed by atoms with Gasteiger partial charge in [-0.15, -0.1) is 0 Å². The minimum atomic E-state index is 0.0913. The highest BCUT2D eigenvalue weighted by Crippen LogP contribution is 2.47. The Hall–Kier alpha value is -2.29. The molecule has 0 saturated heterocycles. The second-order valence-corrected chi connectivity index (χ2v) is 6.45. The summed E-state index contributed by atoms with van der Waals surface area (Å²) in [7, 11) is 1.67. The minimum Gasteiger partial charge on any atom is -0.497 e. The van der Waals surface area contributed by atoms with Crippen molar-refractivity contribution in [1.29, 1.82) is 0 Å². The number of aryl methyl sites for hydroxylation is 1. The van der Waals surface area contributed by atoms with Gasteiger partial charge >= 0.3 is 0 Å². The third-order valence-electron chi connectivity index (χ3n) is 4.67. The molecule has 0 radical (unpaired) electrons. The maximum Gasteiger partial charge on any atom is 0.224 e. The number of nitrogens with one attached hydrogen (secondary N) is 1. The molecule has 3 nitrogen and oxygen atoms in total. The molecular formula is C20H23NO2. The van der Waals surface area contributed by atoms with Crippen molar-refractivity contribution in [3.05, 3.63) is 65.2 Å². The van der Waals surface area contributed by atoms with Crippen molar-refractivity contribution in [2.45, 2.75) is 31.6 Å². The van der Waals surface area contributed by atoms with Gasteiger partial charge in [-0.05, 0) is 43.0 Å². The first-order chi connectivity index (χ1) is 11.1. The zero-order valence-electron chi connectivity index (χ0n) is 13.8. The van der Waals surface area contributed by atoms with Crippen LogP contribution in [0.1, 0.15) is 29.5 Å². The van der Waals surface area contributed by atoms with E-state index in [0.717, 1.165) is 24.2 Å². The fourth-order valence-corrected chi connectivity index (χ4v) is 2.88. The first kappa shape index (κ1) is 15.6. The molecule has 2 aromatic rings. The summed E-state index contributed by atoms with van der Waals surface area (Å²) < 4.78 is 5.21. The van der Waals surface area contributed by atoms with Gasteiger partial charge in [0.1, 0.15) is 5.75 Å². The summed E-state index contributed by atoms with van der Waals surface area (Å²) in [5.41, 5.74) is 3.68. The van der Waals surface area contributed by atoms with E-state index in [1.807, 2.05) is 36.4 Å². The average molecular weight is 309 g/mol. The molecule has 3 heteroatoms. The lowest BCUT2D eigenvalue weighted by molar-refractivity contribution is -0.120. The molecule has 0 atom stereocenters. The van der Waals surface area contributed by atoms with E-state index in [9.17, 15) is 4.79 Å². The molecule has 0 heterocycles. The van der Waals surface area contributed by atoms with Crippen LogP contribution in [0.5, 0.6) is 5.75 Å². The molecule has 1 aliphatic carbocycles. The second kappa shape index (κ2) is 6.45. The van der Waals surface area contributed by atoms with Crippen molar-refractivity contribution in [3.63, 3.8) is 0 Å². The molecule has 2 aromatic carbocycles. The molecule has 120 valence electrons. The fourth-order valence-electron chi connectivity index (χ4n) is 2.88. The highest BCUT2D eigenvalue weighted by atomic mass is 16.5. The van der Waals surface area contributed by atoms with Crippen LogP contribution in [0.15, 0.2) is 48.5 Å². The van der Waals surface area contributed by atoms with Gasteiger partial charge in [-0.1, -0.05) is 42.0 Å². The van der Waals surface area contributed by atoms with Gasteiger partial charge < -0.3 is 10.1 Å². The Kier molecular flexibility index (Phi) is 4.37. The lowest BCUT2D eigenvalue weighted by Gasteiger charge is -2.17. The monoisotopic (exact) mass is 309 g/mol. The minimum absolute atomic E-state index is 0.0913. The van der Waals surface area contributed by atoms with Crippen LogP contribution in [0, 0.1) is 6.92 Å². The van der Waals surface area contributed by atoms with E-state index in [0.29, 0.717) is 13.0 Å². The maximum absolute atomic E-state index is 12.2. The Labute approximate surface area is 137 Å². The number of amides is 1. The van der Waals surface area contributed by atoms with E-state index < -0.39 is 0 Å². The van der Waals surface area contributed by atoms with E-state index >= 15 is 0 Å². The Morgan fingerprint density at radius 3 is 2.30 bits per heavy atom. The molecular weight excluding hydrogens is 286 g/mol. The quantitative estimate of drug-likeness (QED) is 0.888. The van der Waals surface area contributed by atoms with Crippen LogP contribution in [0.25, 0.3) is 0 Å². The molecule has 3 rings (SSSR count). The number of ether oxygens (including phenoxy) is 1. The van der Waals surface area contributed by atoms with Crippen LogP contribution in [0.4, 0.5) is 0 Å². The summed E-state index contributed by atoms with van der Waals surface area (Å²) in [4.78, 5) is 12.2. The normalized spacial score (nSPS) is 15.0. The second-order valence-electron chi connectivity index (χ2n) is 6.45. The summed E-state index contributed by atoms with van der Waals surface area (Å²) in [6, 6.07) is 16.3. The fraction of sp³-hybridized carbons (Fsp3) is 0.350. The van der Waals surface area contributed by atoms with E-state index in [1.54, 1.807) is 7.11 Å². The number of hydrogen-bond donors (Lipinski definition) is 1. The lowest BCUT2D eigenvalue weighted by atomic mass is 9.95. The zero-order valence-corrected chi connectivity index (χ0v) is 13.8. The summed E-state index contributed by atoms with van der Waals surface area (Å²) >= 11 is 0. The van der Waals surface area contributed by atoms with E-state index in [1.165, 1.54) is 11.1 Å². The van der Waals surface area contributed by atoms with Crippen molar-refractivity contribution in [2.75, 3.05) is 13.7 Å². The number of hydrogen-bond acceptors (Lipinski definition) is 2. The van der Waals surface area contributed by atoms with Crippen LogP contribution < -0.4 is 10.1 Å². The molecule has 0 unspecified atom stereocenters. The van der Waals surface area contributed by atoms with Crippen molar-refractivity contribution in [1.82, 2.24) is 5.32 Å². The number of rotatable bonds is 6. The van der Waals surface area contributed by atoms with Crippen LogP contribution in [-0.2, 0) is 16.6 Å². The summed E-state index contributed by atoms with van der Waals surface area (Å²) in [5.74, 6) is 0.960. The first-order valence-electron chi connectivity index (χ1n) is 8.08. The van der Waals surface area contributed by atoms with Crippen molar-refractivity contribution >= 4 is 5.91 Å². The first-order valence-corrected chi connectivity index (χ1v) is 8.08. The molecule has 23 heavy (non-hydrogen) atoms. The molecule has 0 spiro atoms. The molecule has 0 aliphatic heterocycles. The third kappa shape index (κ3) is 3.73. The SMILES string of the molecule is COc1ccc(C2(CNC(=O)Cc3ccc(C)cc3)CC2)cc1. The van der Waals surface area contributed by atoms with Crippen molar-refractivity contribution in [3.8, 4) is 5.75 Å². The largest absolute Gasteiger partial charge is 0.497 e. The topological polar surface area (TPSA) is 38.3 Å². The number of benzene rings is 2. The Morgan fingerprint density at radius 1 is 1.09 bits per heavy atom. The molecule has 1 aliphatic rings. The summed E-state index contributed by atoms with van der Waals surface area (Å²) in [6.45, 7) is 2.76. The van der Waals surface area contributed by atoms with Gasteiger partial charge in [0.15, 0.2) is 0 Å². The highest BCUT2D eigenvalue weighted by Gasteiger charge is 2.44. The average Bonchev–Trinajstić information content (AvgIpc) is 3.36. The van der Waals surface area contributed by atoms with Gasteiger partial charge in [0.2, 0.25) is 5.91 Å². The van der Waals surface area contributed by atoms with Gasteiger partial charge in [-0.25, -0.2) is 0 Å². The van der Waals surface area contributed by atoms with Crippen LogP contribution in [0.2, 0.25) is 0 Å². The number of methoxy groups -OCH3 is 1. The highest BCUT2D eigenvalue weighted by molar-refractivity contribution is 5.78. The van der Waals surface area contributed by atoms with Gasteiger partial charge in [0, 0.05) is 12.0 Å². The standard InChI is InChI=1S/C20H23NO2/c1-15-3-5-16(6-4-15)13-19(22)21-14-20(11-12-20)17-7-9-18(23-2)10-8-17/h3-10H,11-14H2,1-2H3,(H,21,22).